The summed E-state index contributed by atoms with van der Waals surface area (Å²) >= 11 is 1.54. The molecule has 3 aromatic rings. The van der Waals surface area contributed by atoms with Gasteiger partial charge in [0.1, 0.15) is 0 Å². The summed E-state index contributed by atoms with van der Waals surface area (Å²) in [6.45, 7) is 8.50. The van der Waals surface area contributed by atoms with Crippen molar-refractivity contribution in [2.45, 2.75) is 46.5 Å². The summed E-state index contributed by atoms with van der Waals surface area (Å²) in [6, 6.07) is 12.8. The molecule has 0 aliphatic rings. The molecule has 0 spiro atoms. The van der Waals surface area contributed by atoms with Crippen LogP contribution in [0.4, 0.5) is 5.13 Å². The molecule has 0 bridgehead atoms. The molecule has 0 saturated carbocycles. The zero-order valence-electron chi connectivity index (χ0n) is 15.2. The molecule has 1 N–H and O–H groups in total. The lowest BCUT2D eigenvalue weighted by atomic mass is 10.0. The zero-order valence-corrected chi connectivity index (χ0v) is 16.0. The van der Waals surface area contributed by atoms with Crippen molar-refractivity contribution in [3.8, 4) is 0 Å². The molecule has 3 nitrogen and oxygen atoms in total. The minimum absolute atomic E-state index is 0.0152. The topological polar surface area (TPSA) is 42.0 Å². The lowest BCUT2D eigenvalue weighted by Gasteiger charge is -2.07. The van der Waals surface area contributed by atoms with Crippen molar-refractivity contribution in [3.63, 3.8) is 0 Å². The van der Waals surface area contributed by atoms with E-state index in [1.807, 2.05) is 0 Å². The number of carbonyl (C=O) groups excluding carboxylic acids is 1. The standard InChI is InChI=1S/C21H24N2OS/c1-13(2)17-8-5-16(6-9-17)7-10-19(24)22-21-23-20-15(4)11-14(3)12-18(20)25-21/h5-6,8-9,11-13H,7,10H2,1-4H3,(H,22,23,24). The maximum absolute atomic E-state index is 12.2. The van der Waals surface area contributed by atoms with Crippen LogP contribution in [0.5, 0.6) is 0 Å². The Morgan fingerprint density at radius 3 is 2.56 bits per heavy atom. The summed E-state index contributed by atoms with van der Waals surface area (Å²) in [6.07, 6.45) is 1.21. The van der Waals surface area contributed by atoms with E-state index in [4.69, 9.17) is 0 Å². The quantitative estimate of drug-likeness (QED) is 0.648. The number of anilines is 1. The molecule has 1 amide bonds. The minimum Gasteiger partial charge on any atom is -0.302 e. The maximum Gasteiger partial charge on any atom is 0.226 e. The van der Waals surface area contributed by atoms with Gasteiger partial charge in [-0.15, -0.1) is 0 Å². The summed E-state index contributed by atoms with van der Waals surface area (Å²) in [5.41, 5.74) is 5.87. The van der Waals surface area contributed by atoms with Crippen LogP contribution >= 0.6 is 11.3 Å². The van der Waals surface area contributed by atoms with Gasteiger partial charge in [0.2, 0.25) is 5.91 Å². The number of nitrogens with zero attached hydrogens (tertiary/aromatic N) is 1. The van der Waals surface area contributed by atoms with Gasteiger partial charge in [0.05, 0.1) is 10.2 Å². The third kappa shape index (κ3) is 4.26. The summed E-state index contributed by atoms with van der Waals surface area (Å²) in [5.74, 6) is 0.546. The van der Waals surface area contributed by atoms with Crippen LogP contribution in [0.1, 0.15) is 48.4 Å². The molecule has 0 radical (unpaired) electrons. The molecule has 0 fully saturated rings. The molecule has 1 heterocycles. The molecule has 25 heavy (non-hydrogen) atoms. The van der Waals surface area contributed by atoms with Gasteiger partial charge >= 0.3 is 0 Å². The number of aromatic nitrogens is 1. The van der Waals surface area contributed by atoms with Crippen molar-refractivity contribution in [1.29, 1.82) is 0 Å². The first-order valence-corrected chi connectivity index (χ1v) is 9.50. The van der Waals surface area contributed by atoms with Crippen molar-refractivity contribution in [2.75, 3.05) is 5.32 Å². The molecule has 0 aliphatic carbocycles. The predicted molar refractivity (Wildman–Crippen MR) is 107 cm³/mol. The fourth-order valence-electron chi connectivity index (χ4n) is 2.93. The van der Waals surface area contributed by atoms with Gasteiger partial charge in [0.15, 0.2) is 5.13 Å². The molecule has 2 aromatic carbocycles. The number of hydrogen-bond donors (Lipinski definition) is 1. The van der Waals surface area contributed by atoms with Gasteiger partial charge in [-0.3, -0.25) is 4.79 Å². The highest BCUT2D eigenvalue weighted by atomic mass is 32.1. The molecule has 4 heteroatoms. The van der Waals surface area contributed by atoms with E-state index < -0.39 is 0 Å². The summed E-state index contributed by atoms with van der Waals surface area (Å²) in [4.78, 5) is 16.8. The van der Waals surface area contributed by atoms with Crippen molar-refractivity contribution < 1.29 is 4.79 Å². The van der Waals surface area contributed by atoms with E-state index in [1.165, 1.54) is 28.0 Å². The van der Waals surface area contributed by atoms with Gasteiger partial charge in [-0.25, -0.2) is 4.98 Å². The number of rotatable bonds is 5. The van der Waals surface area contributed by atoms with E-state index in [-0.39, 0.29) is 5.91 Å². The number of fused-ring (bicyclic) bond motifs is 1. The number of aryl methyl sites for hydroxylation is 3. The monoisotopic (exact) mass is 352 g/mol. The van der Waals surface area contributed by atoms with Crippen molar-refractivity contribution in [3.05, 3.63) is 58.7 Å². The van der Waals surface area contributed by atoms with Gasteiger partial charge in [-0.1, -0.05) is 55.5 Å². The molecule has 3 rings (SSSR count). The zero-order chi connectivity index (χ0) is 18.0. The SMILES string of the molecule is Cc1cc(C)c2nc(NC(=O)CCc3ccc(C(C)C)cc3)sc2c1. The summed E-state index contributed by atoms with van der Waals surface area (Å²) in [7, 11) is 0. The second-order valence-electron chi connectivity index (χ2n) is 6.89. The number of hydrogen-bond acceptors (Lipinski definition) is 3. The summed E-state index contributed by atoms with van der Waals surface area (Å²) < 4.78 is 1.12. The number of benzene rings is 2. The fraction of sp³-hybridized carbons (Fsp3) is 0.333. The second-order valence-corrected chi connectivity index (χ2v) is 7.92. The normalized spacial score (nSPS) is 11.2. The van der Waals surface area contributed by atoms with Crippen molar-refractivity contribution >= 4 is 32.6 Å². The number of amides is 1. The molecule has 1 aromatic heterocycles. The van der Waals surface area contributed by atoms with Gasteiger partial charge in [-0.2, -0.15) is 0 Å². The Bertz CT molecular complexity index is 894. The average molecular weight is 353 g/mol. The Hall–Kier alpha value is -2.20. The Morgan fingerprint density at radius 2 is 1.88 bits per heavy atom. The van der Waals surface area contributed by atoms with Crippen LogP contribution in [0.3, 0.4) is 0 Å². The van der Waals surface area contributed by atoms with Gasteiger partial charge in [0, 0.05) is 6.42 Å². The number of carbonyl (C=O) groups is 1. The van der Waals surface area contributed by atoms with Crippen LogP contribution in [-0.2, 0) is 11.2 Å². The van der Waals surface area contributed by atoms with Gasteiger partial charge in [0.25, 0.3) is 0 Å². The maximum atomic E-state index is 12.2. The smallest absolute Gasteiger partial charge is 0.226 e. The first-order valence-electron chi connectivity index (χ1n) is 8.69. The Balaban J connectivity index is 1.61. The molecule has 0 unspecified atom stereocenters. The van der Waals surface area contributed by atoms with Crippen LogP contribution < -0.4 is 5.32 Å². The Morgan fingerprint density at radius 1 is 1.16 bits per heavy atom. The number of nitrogens with one attached hydrogen (secondary N) is 1. The third-order valence-corrected chi connectivity index (χ3v) is 5.28. The van der Waals surface area contributed by atoms with Crippen LogP contribution in [0.2, 0.25) is 0 Å². The Kier molecular flexibility index (Phi) is 5.19. The first kappa shape index (κ1) is 17.6. The third-order valence-electron chi connectivity index (χ3n) is 4.36. The van der Waals surface area contributed by atoms with E-state index >= 15 is 0 Å². The lowest BCUT2D eigenvalue weighted by Crippen LogP contribution is -2.12. The van der Waals surface area contributed by atoms with E-state index in [2.05, 4.69) is 74.4 Å². The highest BCUT2D eigenvalue weighted by Crippen LogP contribution is 2.29. The first-order chi connectivity index (χ1) is 11.9. The summed E-state index contributed by atoms with van der Waals surface area (Å²) in [5, 5.41) is 3.63. The predicted octanol–water partition coefficient (Wildman–Crippen LogP) is 5.61. The minimum atomic E-state index is 0.0152. The molecular weight excluding hydrogens is 328 g/mol. The molecule has 0 atom stereocenters. The van der Waals surface area contributed by atoms with E-state index in [1.54, 1.807) is 0 Å². The molecule has 130 valence electrons. The Labute approximate surface area is 153 Å². The molecule has 0 saturated heterocycles. The van der Waals surface area contributed by atoms with Crippen molar-refractivity contribution in [1.82, 2.24) is 4.98 Å². The van der Waals surface area contributed by atoms with Crippen LogP contribution in [-0.4, -0.2) is 10.9 Å². The van der Waals surface area contributed by atoms with E-state index in [0.717, 1.165) is 22.2 Å². The second kappa shape index (κ2) is 7.36. The lowest BCUT2D eigenvalue weighted by molar-refractivity contribution is -0.116. The van der Waals surface area contributed by atoms with E-state index in [9.17, 15) is 4.79 Å². The molecule has 0 aliphatic heterocycles. The highest BCUT2D eigenvalue weighted by Gasteiger charge is 2.10. The molecular formula is C21H24N2OS. The largest absolute Gasteiger partial charge is 0.302 e. The van der Waals surface area contributed by atoms with E-state index in [0.29, 0.717) is 17.5 Å². The number of thiazole rings is 1. The van der Waals surface area contributed by atoms with Crippen molar-refractivity contribution in [2.24, 2.45) is 0 Å². The van der Waals surface area contributed by atoms with Crippen LogP contribution in [0.15, 0.2) is 36.4 Å². The van der Waals surface area contributed by atoms with Gasteiger partial charge < -0.3 is 5.32 Å². The van der Waals surface area contributed by atoms with Gasteiger partial charge in [-0.05, 0) is 54.5 Å². The van der Waals surface area contributed by atoms with Crippen LogP contribution in [0.25, 0.3) is 10.2 Å². The average Bonchev–Trinajstić information content (AvgIpc) is 2.96. The fourth-order valence-corrected chi connectivity index (χ4v) is 3.99. The highest BCUT2D eigenvalue weighted by molar-refractivity contribution is 7.22. The van der Waals surface area contributed by atoms with Crippen LogP contribution in [0, 0.1) is 13.8 Å².